The van der Waals surface area contributed by atoms with Crippen molar-refractivity contribution in [2.75, 3.05) is 0 Å². The van der Waals surface area contributed by atoms with Gasteiger partial charge in [0.15, 0.2) is 0 Å². The van der Waals surface area contributed by atoms with Gasteiger partial charge in [0.25, 0.3) is 5.56 Å². The second-order valence-electron chi connectivity index (χ2n) is 4.28. The number of pyridine rings is 1. The number of rotatable bonds is 2. The number of H-pyrrole nitrogens is 1. The van der Waals surface area contributed by atoms with Crippen molar-refractivity contribution in [1.29, 1.82) is 0 Å². The summed E-state index contributed by atoms with van der Waals surface area (Å²) >= 11 is 4.81. The summed E-state index contributed by atoms with van der Waals surface area (Å²) in [5.74, 6) is 0. The van der Waals surface area contributed by atoms with E-state index in [2.05, 4.69) is 11.9 Å². The number of aromatic amines is 1. The summed E-state index contributed by atoms with van der Waals surface area (Å²) in [6.45, 7) is 4.10. The first-order chi connectivity index (χ1) is 8.49. The van der Waals surface area contributed by atoms with Crippen LogP contribution in [0.25, 0.3) is 11.3 Å². The third-order valence-electron chi connectivity index (χ3n) is 2.99. The van der Waals surface area contributed by atoms with Crippen molar-refractivity contribution in [3.05, 3.63) is 57.4 Å². The van der Waals surface area contributed by atoms with Crippen LogP contribution in [0, 0.1) is 13.8 Å². The van der Waals surface area contributed by atoms with Crippen LogP contribution >= 0.6 is 12.2 Å². The predicted octanol–water partition coefficient (Wildman–Crippen LogP) is 2.29. The fourth-order valence-electron chi connectivity index (χ4n) is 1.75. The third-order valence-corrected chi connectivity index (χ3v) is 3.21. The zero-order valence-corrected chi connectivity index (χ0v) is 11.1. The molecule has 0 bridgehead atoms. The van der Waals surface area contributed by atoms with Crippen molar-refractivity contribution in [3.8, 4) is 11.3 Å². The van der Waals surface area contributed by atoms with Gasteiger partial charge in [-0.15, -0.1) is 0 Å². The number of nitrogens with one attached hydrogen (secondary N) is 1. The lowest BCUT2D eigenvalue weighted by Gasteiger charge is -2.06. The smallest absolute Gasteiger partial charge is 0.258 e. The van der Waals surface area contributed by atoms with Crippen LogP contribution in [0.1, 0.15) is 16.7 Å². The lowest BCUT2D eigenvalue weighted by Crippen LogP contribution is -2.22. The Morgan fingerprint density at radius 2 is 1.89 bits per heavy atom. The molecular weight excluding hydrogens is 244 g/mol. The molecule has 2 rings (SSSR count). The Labute approximate surface area is 111 Å². The molecule has 0 unspecified atom stereocenters. The van der Waals surface area contributed by atoms with Gasteiger partial charge in [-0.3, -0.25) is 4.79 Å². The molecule has 0 saturated carbocycles. The molecule has 3 nitrogen and oxygen atoms in total. The van der Waals surface area contributed by atoms with Gasteiger partial charge in [-0.25, -0.2) is 0 Å². The molecule has 0 atom stereocenters. The average molecular weight is 258 g/mol. The Bertz CT molecular complexity index is 674. The average Bonchev–Trinajstić information content (AvgIpc) is 2.32. The van der Waals surface area contributed by atoms with Crippen LogP contribution in [0.15, 0.2) is 35.1 Å². The molecule has 1 aromatic heterocycles. The van der Waals surface area contributed by atoms with Crippen LogP contribution in [-0.2, 0) is 0 Å². The van der Waals surface area contributed by atoms with Crippen LogP contribution in [0.2, 0.25) is 0 Å². The molecule has 3 N–H and O–H groups in total. The number of aryl methyl sites for hydroxylation is 2. The van der Waals surface area contributed by atoms with E-state index in [-0.39, 0.29) is 10.5 Å². The van der Waals surface area contributed by atoms with Gasteiger partial charge in [-0.1, -0.05) is 24.4 Å². The van der Waals surface area contributed by atoms with E-state index in [1.165, 1.54) is 11.1 Å². The highest BCUT2D eigenvalue weighted by atomic mass is 32.1. The highest BCUT2D eigenvalue weighted by Gasteiger charge is 2.05. The normalized spacial score (nSPS) is 10.3. The van der Waals surface area contributed by atoms with Crippen molar-refractivity contribution in [2.45, 2.75) is 13.8 Å². The van der Waals surface area contributed by atoms with Gasteiger partial charge in [0.05, 0.1) is 5.56 Å². The summed E-state index contributed by atoms with van der Waals surface area (Å²) in [6, 6.07) is 9.53. The molecule has 0 aliphatic heterocycles. The maximum atomic E-state index is 11.8. The summed E-state index contributed by atoms with van der Waals surface area (Å²) in [4.78, 5) is 14.7. The van der Waals surface area contributed by atoms with Gasteiger partial charge in [-0.05, 0) is 48.7 Å². The van der Waals surface area contributed by atoms with Crippen LogP contribution in [0.5, 0.6) is 0 Å². The van der Waals surface area contributed by atoms with E-state index < -0.39 is 0 Å². The monoisotopic (exact) mass is 258 g/mol. The first kappa shape index (κ1) is 12.5. The minimum absolute atomic E-state index is 0.114. The van der Waals surface area contributed by atoms with Crippen LogP contribution in [0.4, 0.5) is 0 Å². The van der Waals surface area contributed by atoms with E-state index in [4.69, 9.17) is 18.0 Å². The Hall–Kier alpha value is -1.94. The number of benzene rings is 1. The zero-order chi connectivity index (χ0) is 13.3. The fraction of sp³-hybridized carbons (Fsp3) is 0.143. The van der Waals surface area contributed by atoms with Gasteiger partial charge in [0, 0.05) is 5.69 Å². The Morgan fingerprint density at radius 1 is 1.17 bits per heavy atom. The maximum absolute atomic E-state index is 11.8. The number of aromatic nitrogens is 1. The van der Waals surface area contributed by atoms with E-state index in [9.17, 15) is 4.79 Å². The summed E-state index contributed by atoms with van der Waals surface area (Å²) in [7, 11) is 0. The number of hydrogen-bond acceptors (Lipinski definition) is 2. The Morgan fingerprint density at radius 3 is 2.44 bits per heavy atom. The number of nitrogens with two attached hydrogens (primary N) is 1. The molecule has 0 aliphatic rings. The standard InChI is InChI=1S/C14H14N2OS/c1-8-3-4-10(7-9(8)2)12-6-5-11(13(15)18)14(17)16-12/h3-7H,1-2H3,(H2,15,18)(H,16,17). The third kappa shape index (κ3) is 2.33. The highest BCUT2D eigenvalue weighted by molar-refractivity contribution is 7.80. The molecule has 18 heavy (non-hydrogen) atoms. The van der Waals surface area contributed by atoms with E-state index in [0.717, 1.165) is 11.3 Å². The van der Waals surface area contributed by atoms with Crippen molar-refractivity contribution in [3.63, 3.8) is 0 Å². The van der Waals surface area contributed by atoms with Crippen molar-refractivity contribution in [2.24, 2.45) is 5.73 Å². The molecular formula is C14H14N2OS. The Kier molecular flexibility index (Phi) is 3.30. The van der Waals surface area contributed by atoms with Gasteiger partial charge in [0.2, 0.25) is 0 Å². The van der Waals surface area contributed by atoms with Crippen molar-refractivity contribution < 1.29 is 0 Å². The first-order valence-electron chi connectivity index (χ1n) is 5.60. The van der Waals surface area contributed by atoms with Crippen molar-refractivity contribution in [1.82, 2.24) is 4.98 Å². The molecule has 0 spiro atoms. The predicted molar refractivity (Wildman–Crippen MR) is 77.9 cm³/mol. The van der Waals surface area contributed by atoms with E-state index in [1.807, 2.05) is 31.2 Å². The maximum Gasteiger partial charge on any atom is 0.258 e. The molecule has 0 amide bonds. The number of thiocarbonyl (C=S) groups is 1. The minimum Gasteiger partial charge on any atom is -0.389 e. The van der Waals surface area contributed by atoms with Crippen LogP contribution in [0.3, 0.4) is 0 Å². The van der Waals surface area contributed by atoms with E-state index >= 15 is 0 Å². The quantitative estimate of drug-likeness (QED) is 0.813. The fourth-order valence-corrected chi connectivity index (χ4v) is 1.91. The highest BCUT2D eigenvalue weighted by Crippen LogP contribution is 2.19. The molecule has 0 saturated heterocycles. The first-order valence-corrected chi connectivity index (χ1v) is 6.00. The number of hydrogen-bond donors (Lipinski definition) is 2. The van der Waals surface area contributed by atoms with Gasteiger partial charge >= 0.3 is 0 Å². The SMILES string of the molecule is Cc1ccc(-c2ccc(C(N)=S)c(=O)[nH]2)cc1C. The van der Waals surface area contributed by atoms with Gasteiger partial charge in [-0.2, -0.15) is 0 Å². The lowest BCUT2D eigenvalue weighted by molar-refractivity contribution is 1.22. The molecule has 0 fully saturated rings. The van der Waals surface area contributed by atoms with E-state index in [1.54, 1.807) is 6.07 Å². The van der Waals surface area contributed by atoms with E-state index in [0.29, 0.717) is 5.56 Å². The van der Waals surface area contributed by atoms with Gasteiger partial charge < -0.3 is 10.7 Å². The largest absolute Gasteiger partial charge is 0.389 e. The molecule has 2 aromatic rings. The second-order valence-corrected chi connectivity index (χ2v) is 4.72. The molecule has 0 radical (unpaired) electrons. The van der Waals surface area contributed by atoms with Gasteiger partial charge in [0.1, 0.15) is 4.99 Å². The summed E-state index contributed by atoms with van der Waals surface area (Å²) < 4.78 is 0. The van der Waals surface area contributed by atoms with Crippen molar-refractivity contribution >= 4 is 17.2 Å². The molecule has 92 valence electrons. The molecule has 4 heteroatoms. The lowest BCUT2D eigenvalue weighted by atomic mass is 10.0. The summed E-state index contributed by atoms with van der Waals surface area (Å²) in [6.07, 6.45) is 0. The zero-order valence-electron chi connectivity index (χ0n) is 10.3. The second kappa shape index (κ2) is 4.74. The van der Waals surface area contributed by atoms with Crippen LogP contribution in [-0.4, -0.2) is 9.97 Å². The topological polar surface area (TPSA) is 58.9 Å². The summed E-state index contributed by atoms with van der Waals surface area (Å²) in [5, 5.41) is 0. The minimum atomic E-state index is -0.252. The Balaban J connectivity index is 2.52. The van der Waals surface area contributed by atoms with Crippen LogP contribution < -0.4 is 11.3 Å². The molecule has 1 aromatic carbocycles. The summed E-state index contributed by atoms with van der Waals surface area (Å²) in [5.41, 5.74) is 9.71. The molecule has 0 aliphatic carbocycles. The molecule has 1 heterocycles.